The first kappa shape index (κ1) is 14.8. The van der Waals surface area contributed by atoms with Crippen LogP contribution in [0.3, 0.4) is 0 Å². The number of nitrogens with zero attached hydrogens (tertiary/aromatic N) is 1. The van der Waals surface area contributed by atoms with Crippen molar-refractivity contribution in [2.24, 2.45) is 5.41 Å². The van der Waals surface area contributed by atoms with Gasteiger partial charge in [-0.05, 0) is 25.7 Å². The van der Waals surface area contributed by atoms with Gasteiger partial charge < -0.3 is 4.74 Å². The van der Waals surface area contributed by atoms with Crippen LogP contribution in [0.1, 0.15) is 41.0 Å². The van der Waals surface area contributed by atoms with E-state index in [1.807, 2.05) is 18.7 Å². The summed E-state index contributed by atoms with van der Waals surface area (Å²) < 4.78 is 31.9. The van der Waals surface area contributed by atoms with E-state index in [4.69, 9.17) is 4.74 Å². The largest absolute Gasteiger partial charge is 0.380 e. The Hall–Kier alpha value is -0.220. The Labute approximate surface area is 103 Å². The van der Waals surface area contributed by atoms with Crippen LogP contribution < -0.4 is 0 Å². The van der Waals surface area contributed by atoms with Crippen molar-refractivity contribution in [3.63, 3.8) is 0 Å². The van der Waals surface area contributed by atoms with Gasteiger partial charge in [-0.15, -0.1) is 0 Å². The first-order chi connectivity index (χ1) is 7.75. The first-order valence-corrected chi connectivity index (χ1v) is 6.38. The van der Waals surface area contributed by atoms with Gasteiger partial charge >= 0.3 is 0 Å². The summed E-state index contributed by atoms with van der Waals surface area (Å²) in [7, 11) is 0. The average molecular weight is 249 g/mol. The number of hydrogen-bond donors (Lipinski definition) is 0. The predicted molar refractivity (Wildman–Crippen MR) is 65.4 cm³/mol. The van der Waals surface area contributed by atoms with Crippen LogP contribution in [0.2, 0.25) is 0 Å². The van der Waals surface area contributed by atoms with Crippen LogP contribution in [-0.2, 0) is 4.74 Å². The van der Waals surface area contributed by atoms with Gasteiger partial charge in [0.2, 0.25) is 0 Å². The highest BCUT2D eigenvalue weighted by atomic mass is 19.3. The number of halogens is 2. The normalized spacial score (nSPS) is 28.8. The van der Waals surface area contributed by atoms with Crippen molar-refractivity contribution < 1.29 is 13.5 Å². The molecule has 2 nitrogen and oxygen atoms in total. The zero-order chi connectivity index (χ0) is 13.2. The molecular formula is C13H25F2NO. The summed E-state index contributed by atoms with van der Waals surface area (Å²) in [5, 5.41) is 0. The van der Waals surface area contributed by atoms with Gasteiger partial charge in [0.25, 0.3) is 6.43 Å². The van der Waals surface area contributed by atoms with E-state index >= 15 is 0 Å². The minimum atomic E-state index is -2.30. The third kappa shape index (κ3) is 3.62. The third-order valence-corrected chi connectivity index (χ3v) is 3.46. The van der Waals surface area contributed by atoms with Crippen molar-refractivity contribution in [2.75, 3.05) is 13.2 Å². The van der Waals surface area contributed by atoms with Gasteiger partial charge in [0, 0.05) is 18.7 Å². The minimum Gasteiger partial charge on any atom is -0.380 e. The summed E-state index contributed by atoms with van der Waals surface area (Å²) in [6.07, 6.45) is -1.88. The van der Waals surface area contributed by atoms with E-state index in [1.54, 1.807) is 0 Å². The van der Waals surface area contributed by atoms with E-state index in [9.17, 15) is 8.78 Å². The molecule has 0 bridgehead atoms. The molecule has 0 saturated carbocycles. The van der Waals surface area contributed by atoms with Gasteiger partial charge in [-0.2, -0.15) is 0 Å². The molecule has 1 saturated heterocycles. The van der Waals surface area contributed by atoms with Crippen LogP contribution in [0.4, 0.5) is 8.78 Å². The molecular weight excluding hydrogens is 224 g/mol. The van der Waals surface area contributed by atoms with E-state index in [0.29, 0.717) is 19.6 Å². The summed E-state index contributed by atoms with van der Waals surface area (Å²) in [6.45, 7) is 11.2. The van der Waals surface area contributed by atoms with E-state index in [-0.39, 0.29) is 17.5 Å². The second-order valence-corrected chi connectivity index (χ2v) is 6.19. The molecule has 4 heteroatoms. The van der Waals surface area contributed by atoms with Crippen LogP contribution in [0.25, 0.3) is 0 Å². The molecule has 0 amide bonds. The van der Waals surface area contributed by atoms with Crippen molar-refractivity contribution in [1.82, 2.24) is 4.90 Å². The average Bonchev–Trinajstić information content (AvgIpc) is 2.37. The molecule has 2 atom stereocenters. The topological polar surface area (TPSA) is 12.5 Å². The van der Waals surface area contributed by atoms with Crippen molar-refractivity contribution in [1.29, 1.82) is 0 Å². The van der Waals surface area contributed by atoms with Crippen LogP contribution in [0, 0.1) is 5.41 Å². The van der Waals surface area contributed by atoms with E-state index in [2.05, 4.69) is 20.8 Å². The van der Waals surface area contributed by atoms with Crippen molar-refractivity contribution in [2.45, 2.75) is 65.6 Å². The summed E-state index contributed by atoms with van der Waals surface area (Å²) in [5.41, 5.74) is -0.0538. The number of alkyl halides is 2. The molecule has 0 aromatic carbocycles. The van der Waals surface area contributed by atoms with Crippen LogP contribution in [0.5, 0.6) is 0 Å². The Balaban J connectivity index is 3.00. The zero-order valence-corrected chi connectivity index (χ0v) is 11.5. The molecule has 17 heavy (non-hydrogen) atoms. The maximum Gasteiger partial charge on any atom is 0.254 e. The summed E-state index contributed by atoms with van der Waals surface area (Å²) in [4.78, 5) is 1.96. The Kier molecular flexibility index (Phi) is 4.90. The van der Waals surface area contributed by atoms with Gasteiger partial charge in [-0.25, -0.2) is 8.78 Å². The monoisotopic (exact) mass is 249 g/mol. The highest BCUT2D eigenvalue weighted by Gasteiger charge is 2.41. The van der Waals surface area contributed by atoms with Crippen LogP contribution in [-0.4, -0.2) is 42.7 Å². The molecule has 2 unspecified atom stereocenters. The second kappa shape index (κ2) is 5.61. The van der Waals surface area contributed by atoms with Gasteiger partial charge in [0.15, 0.2) is 0 Å². The Morgan fingerprint density at radius 2 is 1.82 bits per heavy atom. The zero-order valence-electron chi connectivity index (χ0n) is 11.5. The summed E-state index contributed by atoms with van der Waals surface area (Å²) >= 11 is 0. The smallest absolute Gasteiger partial charge is 0.254 e. The molecule has 0 radical (unpaired) electrons. The van der Waals surface area contributed by atoms with Gasteiger partial charge in [0.1, 0.15) is 0 Å². The van der Waals surface area contributed by atoms with Crippen LogP contribution >= 0.6 is 0 Å². The molecule has 1 aliphatic rings. The lowest BCUT2D eigenvalue weighted by molar-refractivity contribution is -0.0427. The lowest BCUT2D eigenvalue weighted by Crippen LogP contribution is -2.55. The molecule has 0 aromatic rings. The van der Waals surface area contributed by atoms with E-state index in [1.165, 1.54) is 0 Å². The molecule has 0 aromatic heterocycles. The van der Waals surface area contributed by atoms with Crippen LogP contribution in [0.15, 0.2) is 0 Å². The molecule has 1 aliphatic heterocycles. The molecule has 1 rings (SSSR count). The highest BCUT2D eigenvalue weighted by molar-refractivity contribution is 4.91. The number of hydrogen-bond acceptors (Lipinski definition) is 2. The lowest BCUT2D eigenvalue weighted by Gasteiger charge is -2.44. The summed E-state index contributed by atoms with van der Waals surface area (Å²) in [6, 6.07) is -0.523. The van der Waals surface area contributed by atoms with Crippen molar-refractivity contribution in [3.05, 3.63) is 0 Å². The lowest BCUT2D eigenvalue weighted by atomic mass is 9.84. The van der Waals surface area contributed by atoms with Crippen molar-refractivity contribution in [3.8, 4) is 0 Å². The SMILES string of the molecule is CC(C)N1C(C(F)F)CCOCC1C(C)(C)C. The molecule has 1 heterocycles. The fraction of sp³-hybridized carbons (Fsp3) is 1.00. The van der Waals surface area contributed by atoms with Gasteiger partial charge in [-0.3, -0.25) is 4.90 Å². The number of ether oxygens (including phenoxy) is 1. The fourth-order valence-electron chi connectivity index (χ4n) is 2.56. The van der Waals surface area contributed by atoms with E-state index in [0.717, 1.165) is 0 Å². The quantitative estimate of drug-likeness (QED) is 0.745. The molecule has 102 valence electrons. The minimum absolute atomic E-state index is 0.0454. The van der Waals surface area contributed by atoms with Gasteiger partial charge in [-0.1, -0.05) is 20.8 Å². The fourth-order valence-corrected chi connectivity index (χ4v) is 2.56. The standard InChI is InChI=1S/C13H25F2NO/c1-9(2)16-10(12(14)15)6-7-17-8-11(16)13(3,4)5/h9-12H,6-8H2,1-5H3. The Morgan fingerprint density at radius 3 is 2.24 bits per heavy atom. The molecule has 0 aliphatic carbocycles. The third-order valence-electron chi connectivity index (χ3n) is 3.46. The first-order valence-electron chi connectivity index (χ1n) is 6.38. The molecule has 0 spiro atoms. The number of rotatable bonds is 2. The Bertz CT molecular complexity index is 238. The second-order valence-electron chi connectivity index (χ2n) is 6.19. The maximum atomic E-state index is 13.2. The molecule has 0 N–H and O–H groups in total. The maximum absolute atomic E-state index is 13.2. The molecule has 1 fully saturated rings. The van der Waals surface area contributed by atoms with Gasteiger partial charge in [0.05, 0.1) is 12.6 Å². The Morgan fingerprint density at radius 1 is 1.24 bits per heavy atom. The summed E-state index contributed by atoms with van der Waals surface area (Å²) in [5.74, 6) is 0. The highest BCUT2D eigenvalue weighted by Crippen LogP contribution is 2.32. The predicted octanol–water partition coefficient (Wildman–Crippen LogP) is 3.17. The van der Waals surface area contributed by atoms with Crippen molar-refractivity contribution >= 4 is 0 Å². The van der Waals surface area contributed by atoms with E-state index < -0.39 is 12.5 Å².